The van der Waals surface area contributed by atoms with Crippen LogP contribution in [0.1, 0.15) is 71.7 Å². The van der Waals surface area contributed by atoms with Gasteiger partial charge in [0.2, 0.25) is 0 Å². The summed E-state index contributed by atoms with van der Waals surface area (Å²) in [6.45, 7) is 8.81. The smallest absolute Gasteiger partial charge is 0.341 e. The van der Waals surface area contributed by atoms with Crippen molar-refractivity contribution in [2.75, 3.05) is 11.9 Å². The molecule has 1 atom stereocenters. The van der Waals surface area contributed by atoms with Crippen LogP contribution in [0.2, 0.25) is 0 Å². The van der Waals surface area contributed by atoms with Crippen molar-refractivity contribution in [2.45, 2.75) is 53.4 Å². The molecule has 0 fully saturated rings. The Morgan fingerprint density at radius 3 is 2.66 bits per heavy atom. The normalized spacial score (nSPS) is 15.6. The van der Waals surface area contributed by atoms with Crippen molar-refractivity contribution in [3.63, 3.8) is 0 Å². The third-order valence-corrected chi connectivity index (χ3v) is 7.71. The number of carbonyl (C=O) groups is 2. The lowest BCUT2D eigenvalue weighted by atomic mass is 9.69. The minimum absolute atomic E-state index is 0.00726. The van der Waals surface area contributed by atoms with Gasteiger partial charge in [0.15, 0.2) is 5.11 Å². The van der Waals surface area contributed by atoms with Gasteiger partial charge in [0.05, 0.1) is 17.7 Å². The number of fused-ring (bicyclic) bond motifs is 1. The van der Waals surface area contributed by atoms with Gasteiger partial charge < -0.3 is 10.1 Å². The van der Waals surface area contributed by atoms with Gasteiger partial charge >= 0.3 is 5.97 Å². The molecule has 1 aromatic carbocycles. The maximum atomic E-state index is 13.9. The Labute approximate surface area is 197 Å². The van der Waals surface area contributed by atoms with Gasteiger partial charge in [0.1, 0.15) is 10.8 Å². The van der Waals surface area contributed by atoms with Crippen LogP contribution in [0.15, 0.2) is 24.3 Å². The van der Waals surface area contributed by atoms with Crippen molar-refractivity contribution in [3.8, 4) is 0 Å². The molecular formula is C24H29FN2O3S2. The molecule has 1 unspecified atom stereocenters. The fourth-order valence-electron chi connectivity index (χ4n) is 4.00. The predicted molar refractivity (Wildman–Crippen MR) is 130 cm³/mol. The van der Waals surface area contributed by atoms with Crippen molar-refractivity contribution in [2.24, 2.45) is 11.3 Å². The molecule has 172 valence electrons. The number of anilines is 1. The van der Waals surface area contributed by atoms with Crippen molar-refractivity contribution in [1.29, 1.82) is 0 Å². The summed E-state index contributed by atoms with van der Waals surface area (Å²) >= 11 is 6.77. The van der Waals surface area contributed by atoms with Crippen LogP contribution in [-0.2, 0) is 17.6 Å². The van der Waals surface area contributed by atoms with Crippen LogP contribution >= 0.6 is 23.6 Å². The van der Waals surface area contributed by atoms with E-state index in [4.69, 9.17) is 17.0 Å². The van der Waals surface area contributed by atoms with Crippen LogP contribution in [0, 0.1) is 17.2 Å². The van der Waals surface area contributed by atoms with E-state index in [9.17, 15) is 14.0 Å². The molecule has 0 aliphatic heterocycles. The Morgan fingerprint density at radius 2 is 2.00 bits per heavy atom. The summed E-state index contributed by atoms with van der Waals surface area (Å²) in [5.74, 6) is -1.15. The third-order valence-electron chi connectivity index (χ3n) is 6.33. The fourth-order valence-corrected chi connectivity index (χ4v) is 5.58. The van der Waals surface area contributed by atoms with E-state index < -0.39 is 17.7 Å². The summed E-state index contributed by atoms with van der Waals surface area (Å²) in [4.78, 5) is 26.3. The molecule has 2 N–H and O–H groups in total. The summed E-state index contributed by atoms with van der Waals surface area (Å²) < 4.78 is 19.2. The summed E-state index contributed by atoms with van der Waals surface area (Å²) in [7, 11) is 0. The number of amides is 1. The second-order valence-corrected chi connectivity index (χ2v) is 10.1. The molecule has 2 aromatic rings. The first-order chi connectivity index (χ1) is 15.2. The molecule has 0 spiro atoms. The van der Waals surface area contributed by atoms with Crippen LogP contribution in [-0.4, -0.2) is 23.6 Å². The lowest BCUT2D eigenvalue weighted by molar-refractivity contribution is 0.0526. The van der Waals surface area contributed by atoms with Crippen molar-refractivity contribution in [3.05, 3.63) is 51.7 Å². The highest BCUT2D eigenvalue weighted by Gasteiger charge is 2.35. The van der Waals surface area contributed by atoms with Crippen molar-refractivity contribution >= 4 is 45.5 Å². The zero-order valence-electron chi connectivity index (χ0n) is 18.8. The van der Waals surface area contributed by atoms with Gasteiger partial charge in [-0.1, -0.05) is 39.3 Å². The first-order valence-corrected chi connectivity index (χ1v) is 12.1. The lowest BCUT2D eigenvalue weighted by Crippen LogP contribution is -2.34. The summed E-state index contributed by atoms with van der Waals surface area (Å²) in [5.41, 5.74) is 1.60. The summed E-state index contributed by atoms with van der Waals surface area (Å²) in [6.07, 6.45) is 3.78. The van der Waals surface area contributed by atoms with Gasteiger partial charge in [-0.3, -0.25) is 10.1 Å². The number of ether oxygens (including phenoxy) is 1. The van der Waals surface area contributed by atoms with Gasteiger partial charge in [0, 0.05) is 4.88 Å². The van der Waals surface area contributed by atoms with E-state index >= 15 is 0 Å². The average molecular weight is 477 g/mol. The van der Waals surface area contributed by atoms with Crippen LogP contribution in [0.3, 0.4) is 0 Å². The zero-order chi connectivity index (χ0) is 23.5. The fraction of sp³-hybridized carbons (Fsp3) is 0.458. The lowest BCUT2D eigenvalue weighted by Gasteiger charge is -2.36. The second-order valence-electron chi connectivity index (χ2n) is 8.60. The Morgan fingerprint density at radius 1 is 1.28 bits per heavy atom. The highest BCUT2D eigenvalue weighted by Crippen LogP contribution is 2.45. The molecule has 0 bridgehead atoms. The van der Waals surface area contributed by atoms with E-state index in [1.807, 2.05) is 0 Å². The number of nitrogens with one attached hydrogen (secondary N) is 2. The molecule has 3 rings (SSSR count). The molecular weight excluding hydrogens is 447 g/mol. The van der Waals surface area contributed by atoms with Crippen molar-refractivity contribution in [1.82, 2.24) is 5.32 Å². The number of thiocarbonyl (C=S) groups is 1. The molecule has 1 aromatic heterocycles. The number of hydrogen-bond donors (Lipinski definition) is 2. The molecule has 1 aliphatic carbocycles. The van der Waals surface area contributed by atoms with Crippen LogP contribution in [0.4, 0.5) is 9.39 Å². The van der Waals surface area contributed by atoms with E-state index in [-0.39, 0.29) is 22.7 Å². The maximum Gasteiger partial charge on any atom is 0.341 e. The topological polar surface area (TPSA) is 67.4 Å². The monoisotopic (exact) mass is 476 g/mol. The van der Waals surface area contributed by atoms with Gasteiger partial charge in [-0.15, -0.1) is 11.3 Å². The summed E-state index contributed by atoms with van der Waals surface area (Å²) in [6, 6.07) is 5.69. The number of rotatable bonds is 6. The molecule has 8 heteroatoms. The third kappa shape index (κ3) is 5.18. The first-order valence-electron chi connectivity index (χ1n) is 10.9. The number of carbonyl (C=O) groups excluding carboxylic acids is 2. The van der Waals surface area contributed by atoms with Gasteiger partial charge in [-0.2, -0.15) is 0 Å². The van der Waals surface area contributed by atoms with E-state index in [0.717, 1.165) is 36.1 Å². The van der Waals surface area contributed by atoms with E-state index in [2.05, 4.69) is 31.4 Å². The van der Waals surface area contributed by atoms with Gasteiger partial charge in [-0.05, 0) is 67.4 Å². The molecule has 0 radical (unpaired) electrons. The minimum atomic E-state index is -0.649. The average Bonchev–Trinajstić information content (AvgIpc) is 3.10. The number of halogens is 1. The highest BCUT2D eigenvalue weighted by molar-refractivity contribution is 7.80. The number of thiophene rings is 1. The Hall–Kier alpha value is -2.32. The molecule has 5 nitrogen and oxygen atoms in total. The standard InChI is InChI=1S/C24H29FN2O3S2/c1-5-24(3,4)14-11-12-16-18(13-14)32-21(19(16)22(29)30-6-2)27-23(31)26-20(28)15-9-7-8-10-17(15)25/h7-10,14H,5-6,11-13H2,1-4H3,(H2,26,27,28,31). The van der Waals surface area contributed by atoms with Crippen molar-refractivity contribution < 1.29 is 18.7 Å². The number of esters is 1. The van der Waals surface area contributed by atoms with Crippen LogP contribution < -0.4 is 10.6 Å². The number of hydrogen-bond acceptors (Lipinski definition) is 5. The Bertz CT molecular complexity index is 1030. The molecule has 1 amide bonds. The van der Waals surface area contributed by atoms with E-state index in [1.165, 1.54) is 29.5 Å². The predicted octanol–water partition coefficient (Wildman–Crippen LogP) is 5.73. The maximum absolute atomic E-state index is 13.9. The van der Waals surface area contributed by atoms with Crippen LogP contribution in [0.5, 0.6) is 0 Å². The largest absolute Gasteiger partial charge is 0.462 e. The first kappa shape index (κ1) is 24.3. The Kier molecular flexibility index (Phi) is 7.67. The molecule has 1 heterocycles. The molecule has 32 heavy (non-hydrogen) atoms. The van der Waals surface area contributed by atoms with E-state index in [0.29, 0.717) is 16.5 Å². The van der Waals surface area contributed by atoms with Gasteiger partial charge in [-0.25, -0.2) is 9.18 Å². The molecule has 0 saturated heterocycles. The second kappa shape index (κ2) is 10.1. The SMILES string of the molecule is CCOC(=O)c1c(NC(=S)NC(=O)c2ccccc2F)sc2c1CCC(C(C)(C)CC)C2. The van der Waals surface area contributed by atoms with Gasteiger partial charge in [0.25, 0.3) is 5.91 Å². The Balaban J connectivity index is 1.84. The molecule has 1 aliphatic rings. The zero-order valence-corrected chi connectivity index (χ0v) is 20.5. The number of benzene rings is 1. The molecule has 0 saturated carbocycles. The minimum Gasteiger partial charge on any atom is -0.462 e. The van der Waals surface area contributed by atoms with Crippen LogP contribution in [0.25, 0.3) is 0 Å². The quantitative estimate of drug-likeness (QED) is 0.412. The highest BCUT2D eigenvalue weighted by atomic mass is 32.1. The van der Waals surface area contributed by atoms with E-state index in [1.54, 1.807) is 13.0 Å². The summed E-state index contributed by atoms with van der Waals surface area (Å²) in [5, 5.41) is 6.06.